The van der Waals surface area contributed by atoms with Gasteiger partial charge in [0.25, 0.3) is 0 Å². The number of hydrogen-bond donors (Lipinski definition) is 0. The minimum atomic E-state index is -0.513. The fourth-order valence-corrected chi connectivity index (χ4v) is 2.37. The summed E-state index contributed by atoms with van der Waals surface area (Å²) in [7, 11) is 0. The van der Waals surface area contributed by atoms with E-state index in [4.69, 9.17) is 16.3 Å². The third-order valence-electron chi connectivity index (χ3n) is 3.35. The second-order valence-corrected chi connectivity index (χ2v) is 5.02. The first-order valence-electron chi connectivity index (χ1n) is 6.41. The number of hydrogen-bond acceptors (Lipinski definition) is 3. The van der Waals surface area contributed by atoms with Gasteiger partial charge in [-0.25, -0.2) is 4.39 Å². The number of ether oxygens (including phenoxy) is 1. The SMILES string of the molecule is CCN1CCOC(C(=O)Cc2cccc(Cl)c2F)C1. The van der Waals surface area contributed by atoms with Crippen molar-refractivity contribution in [1.29, 1.82) is 0 Å². The lowest BCUT2D eigenvalue weighted by atomic mass is 10.0. The minimum absolute atomic E-state index is 0.0224. The molecule has 0 bridgehead atoms. The zero-order chi connectivity index (χ0) is 13.8. The van der Waals surface area contributed by atoms with Gasteiger partial charge in [-0.05, 0) is 18.2 Å². The van der Waals surface area contributed by atoms with Gasteiger partial charge in [0.15, 0.2) is 5.78 Å². The Kier molecular flexibility index (Phi) is 4.91. The summed E-state index contributed by atoms with van der Waals surface area (Å²) in [5.74, 6) is -0.611. The molecule has 5 heteroatoms. The molecule has 1 unspecified atom stereocenters. The number of nitrogens with zero attached hydrogens (tertiary/aromatic N) is 1. The summed E-state index contributed by atoms with van der Waals surface area (Å²) in [6.45, 7) is 4.90. The molecule has 0 aromatic heterocycles. The molecule has 1 aromatic carbocycles. The van der Waals surface area contributed by atoms with Crippen molar-refractivity contribution >= 4 is 17.4 Å². The molecular weight excluding hydrogens is 269 g/mol. The van der Waals surface area contributed by atoms with Crippen molar-refractivity contribution in [2.75, 3.05) is 26.2 Å². The molecule has 1 aliphatic heterocycles. The molecule has 1 fully saturated rings. The summed E-state index contributed by atoms with van der Waals surface area (Å²) in [6, 6.07) is 4.70. The molecule has 3 nitrogen and oxygen atoms in total. The number of Topliss-reactive ketones (excluding diaryl/α,β-unsaturated/α-hetero) is 1. The monoisotopic (exact) mass is 285 g/mol. The fraction of sp³-hybridized carbons (Fsp3) is 0.500. The van der Waals surface area contributed by atoms with Crippen molar-refractivity contribution in [2.45, 2.75) is 19.4 Å². The van der Waals surface area contributed by atoms with E-state index in [9.17, 15) is 9.18 Å². The number of rotatable bonds is 4. The van der Waals surface area contributed by atoms with Gasteiger partial charge in [0.1, 0.15) is 11.9 Å². The van der Waals surface area contributed by atoms with Gasteiger partial charge in [0.2, 0.25) is 0 Å². The van der Waals surface area contributed by atoms with Gasteiger partial charge in [-0.3, -0.25) is 9.69 Å². The number of halogens is 2. The summed E-state index contributed by atoms with van der Waals surface area (Å²) in [4.78, 5) is 14.3. The lowest BCUT2D eigenvalue weighted by Gasteiger charge is -2.31. The predicted molar refractivity (Wildman–Crippen MR) is 72.0 cm³/mol. The van der Waals surface area contributed by atoms with E-state index in [1.165, 1.54) is 6.07 Å². The first-order chi connectivity index (χ1) is 9.11. The first kappa shape index (κ1) is 14.4. The Morgan fingerprint density at radius 1 is 1.58 bits per heavy atom. The van der Waals surface area contributed by atoms with E-state index in [0.717, 1.165) is 13.1 Å². The molecule has 0 saturated carbocycles. The molecule has 1 aromatic rings. The Bertz CT molecular complexity index is 467. The molecule has 19 heavy (non-hydrogen) atoms. The van der Waals surface area contributed by atoms with Crippen LogP contribution in [0.4, 0.5) is 4.39 Å². The van der Waals surface area contributed by atoms with Crippen LogP contribution in [0, 0.1) is 5.82 Å². The van der Waals surface area contributed by atoms with Crippen LogP contribution in [-0.2, 0) is 16.0 Å². The molecular formula is C14H17ClFNO2. The predicted octanol–water partition coefficient (Wildman–Crippen LogP) is 2.31. The molecule has 1 atom stereocenters. The summed E-state index contributed by atoms with van der Waals surface area (Å²) in [5, 5.41) is 0.0463. The van der Waals surface area contributed by atoms with Crippen molar-refractivity contribution in [2.24, 2.45) is 0 Å². The van der Waals surface area contributed by atoms with Gasteiger partial charge in [-0.15, -0.1) is 0 Å². The van der Waals surface area contributed by atoms with E-state index in [1.807, 2.05) is 6.92 Å². The lowest BCUT2D eigenvalue weighted by molar-refractivity contribution is -0.135. The van der Waals surface area contributed by atoms with Gasteiger partial charge in [-0.2, -0.15) is 0 Å². The Labute approximate surface area is 117 Å². The quantitative estimate of drug-likeness (QED) is 0.850. The fourth-order valence-electron chi connectivity index (χ4n) is 2.17. The Balaban J connectivity index is 2.02. The largest absolute Gasteiger partial charge is 0.368 e. The average Bonchev–Trinajstić information content (AvgIpc) is 2.44. The standard InChI is InChI=1S/C14H17ClFNO2/c1-2-17-6-7-19-13(9-17)12(18)8-10-4-3-5-11(15)14(10)16/h3-5,13H,2,6-9H2,1H3. The normalized spacial score (nSPS) is 20.5. The van der Waals surface area contributed by atoms with Crippen LogP contribution in [-0.4, -0.2) is 43.0 Å². The maximum absolute atomic E-state index is 13.7. The molecule has 0 aliphatic carbocycles. The third-order valence-corrected chi connectivity index (χ3v) is 3.65. The highest BCUT2D eigenvalue weighted by Crippen LogP contribution is 2.19. The summed E-state index contributed by atoms with van der Waals surface area (Å²) < 4.78 is 19.2. The zero-order valence-corrected chi connectivity index (χ0v) is 11.6. The number of carbonyl (C=O) groups excluding carboxylic acids is 1. The van der Waals surface area contributed by atoms with Gasteiger partial charge in [0.05, 0.1) is 11.6 Å². The summed E-state index contributed by atoms with van der Waals surface area (Å²) in [5.41, 5.74) is 0.328. The number of ketones is 1. The molecule has 104 valence electrons. The zero-order valence-electron chi connectivity index (χ0n) is 10.9. The molecule has 1 saturated heterocycles. The van der Waals surface area contributed by atoms with Crippen LogP contribution in [0.2, 0.25) is 5.02 Å². The number of likely N-dealkylation sites (N-methyl/N-ethyl adjacent to an activating group) is 1. The van der Waals surface area contributed by atoms with Gasteiger partial charge in [0, 0.05) is 19.5 Å². The van der Waals surface area contributed by atoms with Gasteiger partial charge < -0.3 is 4.74 Å². The maximum Gasteiger partial charge on any atom is 0.167 e. The van der Waals surface area contributed by atoms with Crippen LogP contribution in [0.25, 0.3) is 0 Å². The van der Waals surface area contributed by atoms with Crippen LogP contribution < -0.4 is 0 Å². The van der Waals surface area contributed by atoms with Crippen molar-refractivity contribution in [1.82, 2.24) is 4.90 Å². The van der Waals surface area contributed by atoms with E-state index < -0.39 is 11.9 Å². The van der Waals surface area contributed by atoms with Crippen LogP contribution in [0.1, 0.15) is 12.5 Å². The van der Waals surface area contributed by atoms with E-state index in [0.29, 0.717) is 18.7 Å². The van der Waals surface area contributed by atoms with Crippen LogP contribution in [0.3, 0.4) is 0 Å². The van der Waals surface area contributed by atoms with Crippen LogP contribution >= 0.6 is 11.6 Å². The minimum Gasteiger partial charge on any atom is -0.368 e. The Morgan fingerprint density at radius 3 is 3.11 bits per heavy atom. The van der Waals surface area contributed by atoms with Crippen LogP contribution in [0.5, 0.6) is 0 Å². The summed E-state index contributed by atoms with van der Waals surface area (Å²) >= 11 is 5.70. The third kappa shape index (κ3) is 3.53. The second-order valence-electron chi connectivity index (χ2n) is 4.61. The topological polar surface area (TPSA) is 29.5 Å². The van der Waals surface area contributed by atoms with E-state index in [-0.39, 0.29) is 17.2 Å². The molecule has 1 aliphatic rings. The maximum atomic E-state index is 13.7. The van der Waals surface area contributed by atoms with Crippen molar-refractivity contribution < 1.29 is 13.9 Å². The highest BCUT2D eigenvalue weighted by Gasteiger charge is 2.26. The lowest BCUT2D eigenvalue weighted by Crippen LogP contribution is -2.46. The smallest absolute Gasteiger partial charge is 0.167 e. The molecule has 0 amide bonds. The first-order valence-corrected chi connectivity index (χ1v) is 6.79. The average molecular weight is 286 g/mol. The van der Waals surface area contributed by atoms with E-state index >= 15 is 0 Å². The van der Waals surface area contributed by atoms with Crippen LogP contribution in [0.15, 0.2) is 18.2 Å². The van der Waals surface area contributed by atoms with E-state index in [1.54, 1.807) is 12.1 Å². The van der Waals surface area contributed by atoms with Gasteiger partial charge >= 0.3 is 0 Å². The summed E-state index contributed by atoms with van der Waals surface area (Å²) in [6.07, 6.45) is -0.443. The second kappa shape index (κ2) is 6.46. The molecule has 1 heterocycles. The molecule has 0 spiro atoms. The Morgan fingerprint density at radius 2 is 2.37 bits per heavy atom. The van der Waals surface area contributed by atoms with Crippen molar-refractivity contribution in [3.63, 3.8) is 0 Å². The number of morpholine rings is 1. The Hall–Kier alpha value is -0.970. The van der Waals surface area contributed by atoms with Crippen molar-refractivity contribution in [3.05, 3.63) is 34.6 Å². The molecule has 0 radical (unpaired) electrons. The van der Waals surface area contributed by atoms with Gasteiger partial charge in [-0.1, -0.05) is 30.7 Å². The highest BCUT2D eigenvalue weighted by atomic mass is 35.5. The number of benzene rings is 1. The highest BCUT2D eigenvalue weighted by molar-refractivity contribution is 6.30. The van der Waals surface area contributed by atoms with E-state index in [2.05, 4.69) is 4.90 Å². The molecule has 2 rings (SSSR count). The van der Waals surface area contributed by atoms with Crippen molar-refractivity contribution in [3.8, 4) is 0 Å². The number of carbonyl (C=O) groups is 1. The molecule has 0 N–H and O–H groups in total.